The van der Waals surface area contributed by atoms with Gasteiger partial charge in [0, 0.05) is 13.6 Å². The van der Waals surface area contributed by atoms with E-state index in [9.17, 15) is 9.90 Å². The first-order valence-electron chi connectivity index (χ1n) is 5.61. The molecule has 1 aromatic rings. The molecule has 0 aliphatic heterocycles. The molecule has 0 saturated carbocycles. The first kappa shape index (κ1) is 14.0. The molecule has 5 nitrogen and oxygen atoms in total. The van der Waals surface area contributed by atoms with Crippen molar-refractivity contribution < 1.29 is 5.11 Å². The van der Waals surface area contributed by atoms with Crippen molar-refractivity contribution in [1.82, 2.24) is 9.78 Å². The summed E-state index contributed by atoms with van der Waals surface area (Å²) in [6.45, 7) is 4.17. The Morgan fingerprint density at radius 2 is 2.12 bits per heavy atom. The van der Waals surface area contributed by atoms with Gasteiger partial charge in [-0.05, 0) is 12.8 Å². The first-order valence-corrected chi connectivity index (χ1v) is 5.99. The Morgan fingerprint density at radius 3 is 2.65 bits per heavy atom. The number of rotatable bonds is 5. The number of aliphatic hydroxyl groups is 1. The van der Waals surface area contributed by atoms with Crippen molar-refractivity contribution >= 4 is 17.3 Å². The van der Waals surface area contributed by atoms with Gasteiger partial charge in [0.1, 0.15) is 5.02 Å². The minimum Gasteiger partial charge on any atom is -0.388 e. The Kier molecular flexibility index (Phi) is 4.54. The quantitative estimate of drug-likeness (QED) is 0.839. The van der Waals surface area contributed by atoms with Crippen LogP contribution in [0, 0.1) is 0 Å². The highest BCUT2D eigenvalue weighted by molar-refractivity contribution is 6.32. The largest absolute Gasteiger partial charge is 0.388 e. The molecule has 2 N–H and O–H groups in total. The van der Waals surface area contributed by atoms with Crippen molar-refractivity contribution in [2.75, 3.05) is 11.9 Å². The summed E-state index contributed by atoms with van der Waals surface area (Å²) < 4.78 is 1.17. The maximum atomic E-state index is 11.5. The van der Waals surface area contributed by atoms with Crippen LogP contribution in [0.4, 0.5) is 5.69 Å². The number of halogens is 1. The maximum absolute atomic E-state index is 11.5. The number of aryl methyl sites for hydroxylation is 1. The van der Waals surface area contributed by atoms with Crippen LogP contribution in [0.5, 0.6) is 0 Å². The molecule has 1 aromatic heterocycles. The van der Waals surface area contributed by atoms with Crippen molar-refractivity contribution in [2.24, 2.45) is 7.05 Å². The highest BCUT2D eigenvalue weighted by Gasteiger charge is 2.22. The second kappa shape index (κ2) is 5.51. The molecule has 1 rings (SSSR count). The number of aromatic nitrogens is 2. The summed E-state index contributed by atoms with van der Waals surface area (Å²) in [5.74, 6) is 0. The fourth-order valence-corrected chi connectivity index (χ4v) is 1.63. The van der Waals surface area contributed by atoms with E-state index in [1.165, 1.54) is 17.9 Å². The molecule has 0 atom stereocenters. The number of hydrogen-bond donors (Lipinski definition) is 2. The molecule has 0 spiro atoms. The van der Waals surface area contributed by atoms with Gasteiger partial charge in [-0.3, -0.25) is 4.79 Å². The van der Waals surface area contributed by atoms with E-state index in [0.29, 0.717) is 25.1 Å². The standard InChI is InChI=1S/C11H18ClN3O2/c1-4-11(17,5-2)7-13-8-6-14-15(3)10(16)9(8)12/h6,13,17H,4-5,7H2,1-3H3. The number of nitrogens with zero attached hydrogens (tertiary/aromatic N) is 2. The van der Waals surface area contributed by atoms with Crippen LogP contribution in [0.2, 0.25) is 5.02 Å². The van der Waals surface area contributed by atoms with Gasteiger partial charge in [-0.15, -0.1) is 0 Å². The molecule has 0 aliphatic carbocycles. The predicted octanol–water partition coefficient (Wildman–Crippen LogP) is 1.40. The Labute approximate surface area is 105 Å². The highest BCUT2D eigenvalue weighted by Crippen LogP contribution is 2.19. The molecule has 0 amide bonds. The summed E-state index contributed by atoms with van der Waals surface area (Å²) in [6, 6.07) is 0. The lowest BCUT2D eigenvalue weighted by Gasteiger charge is -2.26. The molecule has 0 fully saturated rings. The van der Waals surface area contributed by atoms with Gasteiger partial charge in [0.2, 0.25) is 0 Å². The third-order valence-corrected chi connectivity index (χ3v) is 3.37. The van der Waals surface area contributed by atoms with Crippen molar-refractivity contribution in [1.29, 1.82) is 0 Å². The number of hydrogen-bond acceptors (Lipinski definition) is 4. The van der Waals surface area contributed by atoms with Gasteiger partial charge >= 0.3 is 0 Å². The minimum absolute atomic E-state index is 0.0945. The van der Waals surface area contributed by atoms with Crippen LogP contribution in [-0.2, 0) is 7.05 Å². The first-order chi connectivity index (χ1) is 7.93. The molecule has 1 heterocycles. The van der Waals surface area contributed by atoms with Crippen molar-refractivity contribution in [2.45, 2.75) is 32.3 Å². The Bertz CT molecular complexity index is 441. The second-order valence-corrected chi connectivity index (χ2v) is 4.46. The van der Waals surface area contributed by atoms with Gasteiger partial charge in [-0.2, -0.15) is 5.10 Å². The van der Waals surface area contributed by atoms with Crippen molar-refractivity contribution in [3.05, 3.63) is 21.6 Å². The molecular formula is C11H18ClN3O2. The number of nitrogens with one attached hydrogen (secondary N) is 1. The lowest BCUT2D eigenvalue weighted by Crippen LogP contribution is -2.36. The highest BCUT2D eigenvalue weighted by atomic mass is 35.5. The average Bonchev–Trinajstić information content (AvgIpc) is 2.35. The zero-order chi connectivity index (χ0) is 13.1. The third kappa shape index (κ3) is 3.20. The summed E-state index contributed by atoms with van der Waals surface area (Å²) in [7, 11) is 1.53. The van der Waals surface area contributed by atoms with Crippen molar-refractivity contribution in [3.8, 4) is 0 Å². The van der Waals surface area contributed by atoms with Gasteiger partial charge in [-0.25, -0.2) is 4.68 Å². The summed E-state index contributed by atoms with van der Waals surface area (Å²) in [6.07, 6.45) is 2.74. The lowest BCUT2D eigenvalue weighted by molar-refractivity contribution is 0.0457. The molecule has 0 saturated heterocycles. The van der Waals surface area contributed by atoms with Gasteiger partial charge in [0.15, 0.2) is 0 Å². The summed E-state index contributed by atoms with van der Waals surface area (Å²) in [4.78, 5) is 11.5. The van der Waals surface area contributed by atoms with Crippen LogP contribution in [0.1, 0.15) is 26.7 Å². The Hall–Kier alpha value is -1.07. The van der Waals surface area contributed by atoms with Crippen LogP contribution < -0.4 is 10.9 Å². The van der Waals surface area contributed by atoms with E-state index in [1.54, 1.807) is 0 Å². The molecular weight excluding hydrogens is 242 g/mol. The molecule has 0 aliphatic rings. The van der Waals surface area contributed by atoms with Crippen LogP contribution >= 0.6 is 11.6 Å². The topological polar surface area (TPSA) is 67.2 Å². The molecule has 6 heteroatoms. The molecule has 96 valence electrons. The van der Waals surface area contributed by atoms with E-state index in [1.807, 2.05) is 13.8 Å². The summed E-state index contributed by atoms with van der Waals surface area (Å²) in [5.41, 5.74) is -0.687. The zero-order valence-corrected chi connectivity index (χ0v) is 11.1. The average molecular weight is 260 g/mol. The van der Waals surface area contributed by atoms with Crippen LogP contribution in [0.15, 0.2) is 11.0 Å². The van der Waals surface area contributed by atoms with Gasteiger partial charge in [-0.1, -0.05) is 25.4 Å². The van der Waals surface area contributed by atoms with Gasteiger partial charge in [0.05, 0.1) is 17.5 Å². The van der Waals surface area contributed by atoms with E-state index in [0.717, 1.165) is 0 Å². The van der Waals surface area contributed by atoms with Crippen LogP contribution in [-0.4, -0.2) is 27.0 Å². The molecule has 17 heavy (non-hydrogen) atoms. The minimum atomic E-state index is -0.787. The monoisotopic (exact) mass is 259 g/mol. The SMILES string of the molecule is CCC(O)(CC)CNc1cnn(C)c(=O)c1Cl. The Balaban J connectivity index is 2.84. The molecule has 0 aromatic carbocycles. The summed E-state index contributed by atoms with van der Waals surface area (Å²) >= 11 is 5.90. The van der Waals surface area contributed by atoms with Gasteiger partial charge < -0.3 is 10.4 Å². The van der Waals surface area contributed by atoms with E-state index < -0.39 is 5.60 Å². The molecule has 0 unspecified atom stereocenters. The zero-order valence-electron chi connectivity index (χ0n) is 10.3. The smallest absolute Gasteiger partial charge is 0.287 e. The maximum Gasteiger partial charge on any atom is 0.287 e. The lowest BCUT2D eigenvalue weighted by atomic mass is 9.97. The third-order valence-electron chi connectivity index (χ3n) is 3.00. The molecule has 0 radical (unpaired) electrons. The van der Waals surface area contributed by atoms with Crippen molar-refractivity contribution in [3.63, 3.8) is 0 Å². The predicted molar refractivity (Wildman–Crippen MR) is 68.5 cm³/mol. The normalized spacial score (nSPS) is 11.6. The van der Waals surface area contributed by atoms with E-state index in [2.05, 4.69) is 10.4 Å². The van der Waals surface area contributed by atoms with E-state index in [4.69, 9.17) is 11.6 Å². The van der Waals surface area contributed by atoms with E-state index in [-0.39, 0.29) is 10.6 Å². The summed E-state index contributed by atoms with van der Waals surface area (Å²) in [5, 5.41) is 17.0. The Morgan fingerprint density at radius 1 is 1.53 bits per heavy atom. The van der Waals surface area contributed by atoms with Crippen LogP contribution in [0.25, 0.3) is 0 Å². The second-order valence-electron chi connectivity index (χ2n) is 4.09. The number of anilines is 1. The molecule has 0 bridgehead atoms. The fourth-order valence-electron chi connectivity index (χ4n) is 1.39. The fraction of sp³-hybridized carbons (Fsp3) is 0.636. The van der Waals surface area contributed by atoms with E-state index >= 15 is 0 Å². The van der Waals surface area contributed by atoms with Crippen LogP contribution in [0.3, 0.4) is 0 Å². The van der Waals surface area contributed by atoms with Gasteiger partial charge in [0.25, 0.3) is 5.56 Å².